The summed E-state index contributed by atoms with van der Waals surface area (Å²) in [4.78, 5) is 0. The lowest BCUT2D eigenvalue weighted by molar-refractivity contribution is 1.59. The van der Waals surface area contributed by atoms with Crippen LogP contribution in [0.5, 0.6) is 0 Å². The van der Waals surface area contributed by atoms with Crippen LogP contribution in [0.1, 0.15) is 0 Å². The van der Waals surface area contributed by atoms with Crippen LogP contribution in [0.25, 0.3) is 11.1 Å². The van der Waals surface area contributed by atoms with E-state index in [4.69, 9.17) is 17.3 Å². The molecule has 0 bridgehead atoms. The third-order valence-electron chi connectivity index (χ3n) is 2.17. The fraction of sp³-hybridized carbons (Fsp3) is 0. The van der Waals surface area contributed by atoms with Crippen LogP contribution in [0.2, 0.25) is 5.02 Å². The third kappa shape index (κ3) is 2.33. The molecule has 15 heavy (non-hydrogen) atoms. The van der Waals surface area contributed by atoms with Gasteiger partial charge in [-0.15, -0.1) is 0 Å². The first kappa shape index (κ1) is 10.5. The van der Waals surface area contributed by atoms with Gasteiger partial charge in [0.1, 0.15) is 0 Å². The highest BCUT2D eigenvalue weighted by molar-refractivity contribution is 9.10. The number of rotatable bonds is 1. The number of hydrogen-bond donors (Lipinski definition) is 1. The summed E-state index contributed by atoms with van der Waals surface area (Å²) >= 11 is 9.24. The average molecular weight is 283 g/mol. The minimum atomic E-state index is 0.661. The van der Waals surface area contributed by atoms with E-state index < -0.39 is 0 Å². The van der Waals surface area contributed by atoms with Gasteiger partial charge in [-0.2, -0.15) is 0 Å². The molecule has 2 N–H and O–H groups in total. The quantitative estimate of drug-likeness (QED) is 0.773. The van der Waals surface area contributed by atoms with Gasteiger partial charge in [-0.25, -0.2) is 0 Å². The van der Waals surface area contributed by atoms with Crippen molar-refractivity contribution < 1.29 is 0 Å². The van der Waals surface area contributed by atoms with E-state index in [0.717, 1.165) is 15.6 Å². The maximum absolute atomic E-state index is 5.90. The van der Waals surface area contributed by atoms with Crippen molar-refractivity contribution in [2.24, 2.45) is 0 Å². The first-order chi connectivity index (χ1) is 7.16. The van der Waals surface area contributed by atoms with Crippen molar-refractivity contribution >= 4 is 33.2 Å². The van der Waals surface area contributed by atoms with Gasteiger partial charge < -0.3 is 5.73 Å². The second-order valence-electron chi connectivity index (χ2n) is 3.24. The van der Waals surface area contributed by atoms with E-state index in [0.29, 0.717) is 10.7 Å². The molecule has 0 aliphatic rings. The van der Waals surface area contributed by atoms with Crippen LogP contribution >= 0.6 is 27.5 Å². The number of hydrogen-bond acceptors (Lipinski definition) is 1. The summed E-state index contributed by atoms with van der Waals surface area (Å²) in [5.74, 6) is 0. The standard InChI is InChI=1S/C12H9BrClN/c13-9-3-1-8(2-4-9)11-6-5-10(14)7-12(11)15/h1-7H,15H2. The normalized spacial score (nSPS) is 10.3. The molecule has 0 amide bonds. The van der Waals surface area contributed by atoms with Gasteiger partial charge in [-0.05, 0) is 29.8 Å². The lowest BCUT2D eigenvalue weighted by Crippen LogP contribution is -1.89. The fourth-order valence-electron chi connectivity index (χ4n) is 1.43. The predicted octanol–water partition coefficient (Wildman–Crippen LogP) is 4.35. The van der Waals surface area contributed by atoms with Crippen LogP contribution in [0, 0.1) is 0 Å². The van der Waals surface area contributed by atoms with Gasteiger partial charge in [0.05, 0.1) is 0 Å². The Balaban J connectivity index is 2.49. The third-order valence-corrected chi connectivity index (χ3v) is 2.93. The minimum Gasteiger partial charge on any atom is -0.398 e. The average Bonchev–Trinajstić information content (AvgIpc) is 2.20. The van der Waals surface area contributed by atoms with Crippen molar-refractivity contribution in [3.05, 3.63) is 52.0 Å². The SMILES string of the molecule is Nc1cc(Cl)ccc1-c1ccc(Br)cc1. The second-order valence-corrected chi connectivity index (χ2v) is 4.59. The molecule has 0 radical (unpaired) electrons. The number of nitrogens with two attached hydrogens (primary N) is 1. The van der Waals surface area contributed by atoms with Crippen LogP contribution in [0.15, 0.2) is 46.9 Å². The summed E-state index contributed by atoms with van der Waals surface area (Å²) in [6.45, 7) is 0. The molecule has 0 saturated heterocycles. The molecule has 2 rings (SSSR count). The van der Waals surface area contributed by atoms with Crippen LogP contribution in [0.4, 0.5) is 5.69 Å². The minimum absolute atomic E-state index is 0.661. The first-order valence-electron chi connectivity index (χ1n) is 4.48. The smallest absolute Gasteiger partial charge is 0.0426 e. The Morgan fingerprint density at radius 3 is 2.27 bits per heavy atom. The molecule has 0 aliphatic heterocycles. The summed E-state index contributed by atoms with van der Waals surface area (Å²) in [5, 5.41) is 0.661. The highest BCUT2D eigenvalue weighted by Crippen LogP contribution is 2.29. The maximum Gasteiger partial charge on any atom is 0.0426 e. The summed E-state index contributed by atoms with van der Waals surface area (Å²) < 4.78 is 1.05. The summed E-state index contributed by atoms with van der Waals surface area (Å²) in [6, 6.07) is 13.6. The molecule has 1 nitrogen and oxygen atoms in total. The van der Waals surface area contributed by atoms with Crippen molar-refractivity contribution in [3.8, 4) is 11.1 Å². The number of anilines is 1. The molecule has 0 aliphatic carbocycles. The van der Waals surface area contributed by atoms with Gasteiger partial charge in [-0.1, -0.05) is 45.7 Å². The van der Waals surface area contributed by atoms with Crippen LogP contribution in [-0.2, 0) is 0 Å². The highest BCUT2D eigenvalue weighted by Gasteiger charge is 2.02. The summed E-state index contributed by atoms with van der Waals surface area (Å²) in [6.07, 6.45) is 0. The van der Waals surface area contributed by atoms with Gasteiger partial charge in [-0.3, -0.25) is 0 Å². The Labute approximate surface area is 102 Å². The van der Waals surface area contributed by atoms with E-state index in [1.165, 1.54) is 0 Å². The van der Waals surface area contributed by atoms with Crippen molar-refractivity contribution in [1.82, 2.24) is 0 Å². The zero-order valence-corrected chi connectivity index (χ0v) is 10.2. The molecule has 76 valence electrons. The van der Waals surface area contributed by atoms with E-state index in [2.05, 4.69) is 15.9 Å². The molecule has 0 aromatic heterocycles. The lowest BCUT2D eigenvalue weighted by atomic mass is 10.0. The first-order valence-corrected chi connectivity index (χ1v) is 5.65. The van der Waals surface area contributed by atoms with E-state index in [1.807, 2.05) is 36.4 Å². The molecule has 0 saturated carbocycles. The fourth-order valence-corrected chi connectivity index (χ4v) is 1.87. The summed E-state index contributed by atoms with van der Waals surface area (Å²) in [7, 11) is 0. The number of benzene rings is 2. The van der Waals surface area contributed by atoms with Gasteiger partial charge in [0.2, 0.25) is 0 Å². The zero-order chi connectivity index (χ0) is 10.8. The van der Waals surface area contributed by atoms with Crippen molar-refractivity contribution in [2.75, 3.05) is 5.73 Å². The van der Waals surface area contributed by atoms with Crippen molar-refractivity contribution in [2.45, 2.75) is 0 Å². The molecule has 0 spiro atoms. The van der Waals surface area contributed by atoms with Crippen LogP contribution in [0.3, 0.4) is 0 Å². The Hall–Kier alpha value is -0.990. The van der Waals surface area contributed by atoms with Crippen LogP contribution in [-0.4, -0.2) is 0 Å². The lowest BCUT2D eigenvalue weighted by Gasteiger charge is -2.06. The van der Waals surface area contributed by atoms with E-state index in [9.17, 15) is 0 Å². The molecule has 0 fully saturated rings. The van der Waals surface area contributed by atoms with Gasteiger partial charge >= 0.3 is 0 Å². The van der Waals surface area contributed by atoms with Gasteiger partial charge in [0.15, 0.2) is 0 Å². The van der Waals surface area contributed by atoms with E-state index in [-0.39, 0.29) is 0 Å². The monoisotopic (exact) mass is 281 g/mol. The largest absolute Gasteiger partial charge is 0.398 e. The topological polar surface area (TPSA) is 26.0 Å². The molecule has 0 heterocycles. The Morgan fingerprint density at radius 1 is 1.00 bits per heavy atom. The summed E-state index contributed by atoms with van der Waals surface area (Å²) in [5.41, 5.74) is 8.69. The number of halogens is 2. The maximum atomic E-state index is 5.90. The van der Waals surface area contributed by atoms with Crippen molar-refractivity contribution in [3.63, 3.8) is 0 Å². The molecule has 2 aromatic rings. The molecule has 3 heteroatoms. The highest BCUT2D eigenvalue weighted by atomic mass is 79.9. The Morgan fingerprint density at radius 2 is 1.67 bits per heavy atom. The molecular weight excluding hydrogens is 273 g/mol. The predicted molar refractivity (Wildman–Crippen MR) is 69.0 cm³/mol. The van der Waals surface area contributed by atoms with Gasteiger partial charge in [0.25, 0.3) is 0 Å². The van der Waals surface area contributed by atoms with Gasteiger partial charge in [0, 0.05) is 20.7 Å². The molecule has 0 unspecified atom stereocenters. The van der Waals surface area contributed by atoms with E-state index in [1.54, 1.807) is 6.07 Å². The molecular formula is C12H9BrClN. The Bertz CT molecular complexity index is 479. The second kappa shape index (κ2) is 4.25. The zero-order valence-electron chi connectivity index (χ0n) is 7.87. The Kier molecular flexibility index (Phi) is 2.98. The number of nitrogen functional groups attached to an aromatic ring is 1. The van der Waals surface area contributed by atoms with E-state index >= 15 is 0 Å². The molecule has 2 aromatic carbocycles. The van der Waals surface area contributed by atoms with Crippen LogP contribution < -0.4 is 5.73 Å². The van der Waals surface area contributed by atoms with Crippen molar-refractivity contribution in [1.29, 1.82) is 0 Å². The molecule has 0 atom stereocenters.